The highest BCUT2D eigenvalue weighted by Crippen LogP contribution is 2.35. The summed E-state index contributed by atoms with van der Waals surface area (Å²) in [6.45, 7) is 4.40. The zero-order valence-electron chi connectivity index (χ0n) is 15.3. The average molecular weight is 387 g/mol. The average Bonchev–Trinajstić information content (AvgIpc) is 2.64. The van der Waals surface area contributed by atoms with Gasteiger partial charge in [0.25, 0.3) is 0 Å². The van der Waals surface area contributed by atoms with Gasteiger partial charge < -0.3 is 5.32 Å². The van der Waals surface area contributed by atoms with E-state index in [1.807, 2.05) is 12.1 Å². The van der Waals surface area contributed by atoms with E-state index in [-0.39, 0.29) is 16.7 Å². The highest BCUT2D eigenvalue weighted by atomic mass is 35.5. The van der Waals surface area contributed by atoms with E-state index in [1.54, 1.807) is 12.1 Å². The number of fused-ring (bicyclic) bond motifs is 2. The number of para-hydroxylation sites is 1. The topological polar surface area (TPSA) is 24.9 Å². The van der Waals surface area contributed by atoms with Crippen molar-refractivity contribution >= 4 is 28.2 Å². The van der Waals surface area contributed by atoms with Gasteiger partial charge in [0.15, 0.2) is 11.6 Å². The standard InChI is InChI=1S/C22H21ClF2N2/c1-12(2)21-15(9-13-5-3-4-6-18(13)26-21)10-14-11-19(23)27-22-16(14)7-8-17(24)20(22)25/h3-8,11-12,15,21,26H,9-10H2,1-2H3. The second-order valence-corrected chi connectivity index (χ2v) is 7.99. The van der Waals surface area contributed by atoms with E-state index in [2.05, 4.69) is 36.3 Å². The van der Waals surface area contributed by atoms with Gasteiger partial charge in [-0.15, -0.1) is 0 Å². The molecule has 5 heteroatoms. The number of benzene rings is 2. The molecule has 27 heavy (non-hydrogen) atoms. The summed E-state index contributed by atoms with van der Waals surface area (Å²) >= 11 is 6.13. The minimum Gasteiger partial charge on any atom is -0.382 e. The number of nitrogens with one attached hydrogen (secondary N) is 1. The third-order valence-corrected chi connectivity index (χ3v) is 5.65. The van der Waals surface area contributed by atoms with Gasteiger partial charge in [-0.25, -0.2) is 13.8 Å². The van der Waals surface area contributed by atoms with Crippen LogP contribution < -0.4 is 5.32 Å². The molecule has 2 heterocycles. The highest BCUT2D eigenvalue weighted by Gasteiger charge is 2.30. The molecule has 2 aromatic carbocycles. The van der Waals surface area contributed by atoms with Crippen molar-refractivity contribution < 1.29 is 8.78 Å². The smallest absolute Gasteiger partial charge is 0.185 e. The van der Waals surface area contributed by atoms with Crippen molar-refractivity contribution in [2.75, 3.05) is 5.32 Å². The molecule has 1 aliphatic heterocycles. The van der Waals surface area contributed by atoms with Gasteiger partial charge in [-0.05, 0) is 60.1 Å². The zero-order chi connectivity index (χ0) is 19.1. The number of nitrogens with zero attached hydrogens (tertiary/aromatic N) is 1. The van der Waals surface area contributed by atoms with Crippen LogP contribution in [0.15, 0.2) is 42.5 Å². The number of hydrogen-bond acceptors (Lipinski definition) is 2. The normalized spacial score (nSPS) is 19.2. The molecule has 0 saturated heterocycles. The van der Waals surface area contributed by atoms with Crippen LogP contribution in [0.25, 0.3) is 10.9 Å². The van der Waals surface area contributed by atoms with Crippen molar-refractivity contribution in [3.63, 3.8) is 0 Å². The molecule has 4 rings (SSSR count). The van der Waals surface area contributed by atoms with Crippen molar-refractivity contribution in [1.29, 1.82) is 0 Å². The first-order valence-electron chi connectivity index (χ1n) is 9.21. The molecule has 2 atom stereocenters. The van der Waals surface area contributed by atoms with Crippen LogP contribution in [0.5, 0.6) is 0 Å². The Morgan fingerprint density at radius 3 is 2.74 bits per heavy atom. The predicted molar refractivity (Wildman–Crippen MR) is 106 cm³/mol. The van der Waals surface area contributed by atoms with Crippen molar-refractivity contribution in [2.24, 2.45) is 11.8 Å². The lowest BCUT2D eigenvalue weighted by Gasteiger charge is -2.37. The number of aromatic nitrogens is 1. The van der Waals surface area contributed by atoms with E-state index in [1.165, 1.54) is 11.3 Å². The summed E-state index contributed by atoms with van der Waals surface area (Å²) in [7, 11) is 0. The van der Waals surface area contributed by atoms with Crippen LogP contribution in [0.4, 0.5) is 14.5 Å². The van der Waals surface area contributed by atoms with Gasteiger partial charge in [0.05, 0.1) is 0 Å². The van der Waals surface area contributed by atoms with Crippen LogP contribution in [0.1, 0.15) is 25.0 Å². The fourth-order valence-electron chi connectivity index (χ4n) is 4.18. The molecule has 3 aromatic rings. The fourth-order valence-corrected chi connectivity index (χ4v) is 4.39. The van der Waals surface area contributed by atoms with Gasteiger partial charge in [0.1, 0.15) is 10.7 Å². The summed E-state index contributed by atoms with van der Waals surface area (Å²) in [5, 5.41) is 4.48. The Kier molecular flexibility index (Phi) is 4.77. The SMILES string of the molecule is CC(C)C1Nc2ccccc2CC1Cc1cc(Cl)nc2c(F)c(F)ccc12. The van der Waals surface area contributed by atoms with Gasteiger partial charge in [0, 0.05) is 17.1 Å². The lowest BCUT2D eigenvalue weighted by molar-refractivity contribution is 0.350. The Hall–Kier alpha value is -2.20. The van der Waals surface area contributed by atoms with Crippen LogP contribution in [-0.2, 0) is 12.8 Å². The fraction of sp³-hybridized carbons (Fsp3) is 0.318. The van der Waals surface area contributed by atoms with E-state index in [9.17, 15) is 8.78 Å². The van der Waals surface area contributed by atoms with Crippen LogP contribution in [0.3, 0.4) is 0 Å². The van der Waals surface area contributed by atoms with Crippen LogP contribution in [0, 0.1) is 23.5 Å². The third kappa shape index (κ3) is 3.39. The third-order valence-electron chi connectivity index (χ3n) is 5.46. The summed E-state index contributed by atoms with van der Waals surface area (Å²) in [6.07, 6.45) is 1.64. The summed E-state index contributed by atoms with van der Waals surface area (Å²) in [5.41, 5.74) is 3.36. The molecule has 0 saturated carbocycles. The summed E-state index contributed by atoms with van der Waals surface area (Å²) in [5.74, 6) is -1.10. The maximum absolute atomic E-state index is 14.2. The predicted octanol–water partition coefficient (Wildman–Crippen LogP) is 6.02. The van der Waals surface area contributed by atoms with Crippen LogP contribution in [0.2, 0.25) is 5.15 Å². The Balaban J connectivity index is 1.76. The Bertz CT molecular complexity index is 1000. The van der Waals surface area contributed by atoms with Gasteiger partial charge >= 0.3 is 0 Å². The molecular formula is C22H21ClF2N2. The lowest BCUT2D eigenvalue weighted by atomic mass is 9.78. The molecule has 140 valence electrons. The minimum atomic E-state index is -0.941. The Labute approximate surface area is 162 Å². The van der Waals surface area contributed by atoms with Gasteiger partial charge in [-0.2, -0.15) is 0 Å². The van der Waals surface area contributed by atoms with E-state index >= 15 is 0 Å². The number of hydrogen-bond donors (Lipinski definition) is 1. The molecule has 2 unspecified atom stereocenters. The second kappa shape index (κ2) is 7.08. The number of pyridine rings is 1. The first-order chi connectivity index (χ1) is 12.9. The quantitative estimate of drug-likeness (QED) is 0.557. The van der Waals surface area contributed by atoms with Gasteiger partial charge in [-0.3, -0.25) is 0 Å². The first-order valence-corrected chi connectivity index (χ1v) is 9.59. The molecule has 1 N–H and O–H groups in total. The maximum Gasteiger partial charge on any atom is 0.185 e. The first kappa shape index (κ1) is 18.2. The molecule has 0 aliphatic carbocycles. The summed E-state index contributed by atoms with van der Waals surface area (Å²) in [6, 6.07) is 13.1. The Morgan fingerprint density at radius 2 is 1.96 bits per heavy atom. The van der Waals surface area contributed by atoms with E-state index in [0.717, 1.165) is 18.1 Å². The van der Waals surface area contributed by atoms with E-state index < -0.39 is 11.6 Å². The molecular weight excluding hydrogens is 366 g/mol. The molecule has 1 aliphatic rings. The summed E-state index contributed by atoms with van der Waals surface area (Å²) in [4.78, 5) is 4.01. The molecule has 0 fully saturated rings. The van der Waals surface area contributed by atoms with Crippen molar-refractivity contribution in [3.05, 3.63) is 70.4 Å². The van der Waals surface area contributed by atoms with Crippen LogP contribution >= 0.6 is 11.6 Å². The molecule has 0 bridgehead atoms. The van der Waals surface area contributed by atoms with Gasteiger partial charge in [-0.1, -0.05) is 43.6 Å². The van der Waals surface area contributed by atoms with Crippen molar-refractivity contribution in [3.8, 4) is 0 Å². The minimum absolute atomic E-state index is 0.00256. The lowest BCUT2D eigenvalue weighted by Crippen LogP contribution is -2.40. The van der Waals surface area contributed by atoms with E-state index in [4.69, 9.17) is 11.6 Å². The molecule has 0 amide bonds. The second-order valence-electron chi connectivity index (χ2n) is 7.60. The number of halogens is 3. The summed E-state index contributed by atoms with van der Waals surface area (Å²) < 4.78 is 27.9. The Morgan fingerprint density at radius 1 is 1.19 bits per heavy atom. The highest BCUT2D eigenvalue weighted by molar-refractivity contribution is 6.29. The maximum atomic E-state index is 14.2. The van der Waals surface area contributed by atoms with E-state index in [0.29, 0.717) is 23.6 Å². The number of rotatable bonds is 3. The molecule has 0 spiro atoms. The largest absolute Gasteiger partial charge is 0.382 e. The van der Waals surface area contributed by atoms with Crippen LogP contribution in [-0.4, -0.2) is 11.0 Å². The molecule has 0 radical (unpaired) electrons. The molecule has 1 aromatic heterocycles. The van der Waals surface area contributed by atoms with Gasteiger partial charge in [0.2, 0.25) is 0 Å². The monoisotopic (exact) mass is 386 g/mol. The number of anilines is 1. The van der Waals surface area contributed by atoms with Crippen molar-refractivity contribution in [2.45, 2.75) is 32.7 Å². The molecule has 2 nitrogen and oxygen atoms in total. The zero-order valence-corrected chi connectivity index (χ0v) is 16.0. The van der Waals surface area contributed by atoms with Crippen molar-refractivity contribution in [1.82, 2.24) is 4.98 Å².